The molecular weight excluding hydrogens is 206 g/mol. The molecule has 1 aliphatic carbocycles. The maximum atomic E-state index is 3.74. The third-order valence-electron chi connectivity index (χ3n) is 4.42. The van der Waals surface area contributed by atoms with Gasteiger partial charge < -0.3 is 5.32 Å². The first kappa shape index (κ1) is 15.0. The molecular formula is C16H33N. The van der Waals surface area contributed by atoms with Crippen molar-refractivity contribution < 1.29 is 0 Å². The van der Waals surface area contributed by atoms with Crippen molar-refractivity contribution in [2.75, 3.05) is 6.54 Å². The Labute approximate surface area is 109 Å². The Morgan fingerprint density at radius 2 is 1.65 bits per heavy atom. The molecule has 0 heterocycles. The Morgan fingerprint density at radius 3 is 2.06 bits per heavy atom. The van der Waals surface area contributed by atoms with Gasteiger partial charge in [0.2, 0.25) is 0 Å². The zero-order valence-corrected chi connectivity index (χ0v) is 12.7. The molecule has 0 aromatic rings. The van der Waals surface area contributed by atoms with Gasteiger partial charge in [0.15, 0.2) is 0 Å². The van der Waals surface area contributed by atoms with Crippen molar-refractivity contribution in [3.05, 3.63) is 0 Å². The molecule has 0 radical (unpaired) electrons. The quantitative estimate of drug-likeness (QED) is 0.738. The summed E-state index contributed by atoms with van der Waals surface area (Å²) in [7, 11) is 0. The van der Waals surface area contributed by atoms with E-state index in [1.807, 2.05) is 0 Å². The summed E-state index contributed by atoms with van der Waals surface area (Å²) >= 11 is 0. The van der Waals surface area contributed by atoms with Gasteiger partial charge in [-0.25, -0.2) is 0 Å². The summed E-state index contributed by atoms with van der Waals surface area (Å²) in [5.74, 6) is 1.93. The highest BCUT2D eigenvalue weighted by Crippen LogP contribution is 2.38. The summed E-state index contributed by atoms with van der Waals surface area (Å²) in [4.78, 5) is 0. The minimum Gasteiger partial charge on any atom is -0.313 e. The number of hydrogen-bond donors (Lipinski definition) is 1. The van der Waals surface area contributed by atoms with Gasteiger partial charge in [0.1, 0.15) is 0 Å². The van der Waals surface area contributed by atoms with Crippen molar-refractivity contribution in [2.45, 2.75) is 79.2 Å². The number of hydrogen-bond acceptors (Lipinski definition) is 1. The lowest BCUT2D eigenvalue weighted by Gasteiger charge is -2.41. The summed E-state index contributed by atoms with van der Waals surface area (Å²) < 4.78 is 0. The molecule has 0 aromatic heterocycles. The monoisotopic (exact) mass is 239 g/mol. The Kier molecular flexibility index (Phi) is 5.99. The molecule has 1 saturated carbocycles. The molecule has 1 aliphatic rings. The molecule has 0 bridgehead atoms. The lowest BCUT2D eigenvalue weighted by Crippen LogP contribution is -2.46. The molecule has 0 aliphatic heterocycles. The standard InChI is InChI=1S/C16H33N/c1-6-8-13-9-11-14(12-10-13)15(17-7-2)16(3,4)5/h13-15,17H,6-12H2,1-5H3. The zero-order valence-electron chi connectivity index (χ0n) is 12.7. The van der Waals surface area contributed by atoms with Gasteiger partial charge in [-0.1, -0.05) is 60.3 Å². The van der Waals surface area contributed by atoms with E-state index in [1.54, 1.807) is 0 Å². The molecule has 102 valence electrons. The van der Waals surface area contributed by atoms with Crippen molar-refractivity contribution in [2.24, 2.45) is 17.3 Å². The summed E-state index contributed by atoms with van der Waals surface area (Å²) in [5, 5.41) is 3.74. The maximum Gasteiger partial charge on any atom is 0.0144 e. The van der Waals surface area contributed by atoms with Gasteiger partial charge in [0.05, 0.1) is 0 Å². The van der Waals surface area contributed by atoms with E-state index >= 15 is 0 Å². The van der Waals surface area contributed by atoms with Gasteiger partial charge >= 0.3 is 0 Å². The first-order valence-corrected chi connectivity index (χ1v) is 7.72. The van der Waals surface area contributed by atoms with Crippen LogP contribution >= 0.6 is 0 Å². The van der Waals surface area contributed by atoms with Crippen molar-refractivity contribution in [3.8, 4) is 0 Å². The van der Waals surface area contributed by atoms with Crippen LogP contribution in [0.15, 0.2) is 0 Å². The van der Waals surface area contributed by atoms with Crippen LogP contribution in [0.4, 0.5) is 0 Å². The van der Waals surface area contributed by atoms with Crippen LogP contribution in [-0.4, -0.2) is 12.6 Å². The lowest BCUT2D eigenvalue weighted by molar-refractivity contribution is 0.137. The van der Waals surface area contributed by atoms with Gasteiger partial charge in [0, 0.05) is 6.04 Å². The Morgan fingerprint density at radius 1 is 1.06 bits per heavy atom. The molecule has 0 amide bonds. The third-order valence-corrected chi connectivity index (χ3v) is 4.42. The summed E-state index contributed by atoms with van der Waals surface area (Å²) in [5.41, 5.74) is 0.401. The minimum absolute atomic E-state index is 0.401. The summed E-state index contributed by atoms with van der Waals surface area (Å²) in [6, 6.07) is 0.704. The smallest absolute Gasteiger partial charge is 0.0144 e. The highest BCUT2D eigenvalue weighted by Gasteiger charge is 2.33. The van der Waals surface area contributed by atoms with Gasteiger partial charge in [-0.05, 0) is 36.6 Å². The molecule has 1 unspecified atom stereocenters. The van der Waals surface area contributed by atoms with E-state index in [0.717, 1.165) is 18.4 Å². The summed E-state index contributed by atoms with van der Waals surface area (Å²) in [6.07, 6.45) is 8.64. The van der Waals surface area contributed by atoms with Crippen LogP contribution in [0.5, 0.6) is 0 Å². The third kappa shape index (κ3) is 4.62. The van der Waals surface area contributed by atoms with E-state index in [1.165, 1.54) is 38.5 Å². The fourth-order valence-corrected chi connectivity index (χ4v) is 3.62. The molecule has 1 heteroatoms. The van der Waals surface area contributed by atoms with Gasteiger partial charge in [-0.3, -0.25) is 0 Å². The Balaban J connectivity index is 2.49. The predicted octanol–water partition coefficient (Wildman–Crippen LogP) is 4.62. The van der Waals surface area contributed by atoms with Crippen LogP contribution in [0.25, 0.3) is 0 Å². The molecule has 1 atom stereocenters. The van der Waals surface area contributed by atoms with E-state index in [9.17, 15) is 0 Å². The second-order valence-electron chi connectivity index (χ2n) is 6.97. The van der Waals surface area contributed by atoms with Crippen molar-refractivity contribution in [1.29, 1.82) is 0 Å². The average molecular weight is 239 g/mol. The average Bonchev–Trinajstić information content (AvgIpc) is 2.26. The fraction of sp³-hybridized carbons (Fsp3) is 1.00. The molecule has 0 aromatic carbocycles. The topological polar surface area (TPSA) is 12.0 Å². The summed E-state index contributed by atoms with van der Waals surface area (Å²) in [6.45, 7) is 12.8. The SMILES string of the molecule is CCCC1CCC(C(NCC)C(C)(C)C)CC1. The van der Waals surface area contributed by atoms with Crippen LogP contribution in [0, 0.1) is 17.3 Å². The first-order valence-electron chi connectivity index (χ1n) is 7.72. The molecule has 1 nitrogen and oxygen atoms in total. The van der Waals surface area contributed by atoms with E-state index in [2.05, 4.69) is 39.9 Å². The van der Waals surface area contributed by atoms with E-state index in [4.69, 9.17) is 0 Å². The normalized spacial score (nSPS) is 28.1. The van der Waals surface area contributed by atoms with Gasteiger partial charge in [0.25, 0.3) is 0 Å². The van der Waals surface area contributed by atoms with Crippen LogP contribution in [0.1, 0.15) is 73.1 Å². The molecule has 0 saturated heterocycles. The first-order chi connectivity index (χ1) is 7.99. The van der Waals surface area contributed by atoms with Crippen LogP contribution in [0.2, 0.25) is 0 Å². The second-order valence-corrected chi connectivity index (χ2v) is 6.97. The Hall–Kier alpha value is -0.0400. The number of nitrogens with one attached hydrogen (secondary N) is 1. The number of rotatable bonds is 5. The predicted molar refractivity (Wildman–Crippen MR) is 77.3 cm³/mol. The van der Waals surface area contributed by atoms with Crippen molar-refractivity contribution in [1.82, 2.24) is 5.32 Å². The van der Waals surface area contributed by atoms with E-state index in [-0.39, 0.29) is 0 Å². The minimum atomic E-state index is 0.401. The van der Waals surface area contributed by atoms with Crippen LogP contribution < -0.4 is 5.32 Å². The second kappa shape index (κ2) is 6.78. The van der Waals surface area contributed by atoms with Crippen molar-refractivity contribution >= 4 is 0 Å². The lowest BCUT2D eigenvalue weighted by atomic mass is 9.70. The Bertz CT molecular complexity index is 196. The zero-order chi connectivity index (χ0) is 12.9. The highest BCUT2D eigenvalue weighted by molar-refractivity contribution is 4.89. The van der Waals surface area contributed by atoms with Crippen molar-refractivity contribution in [3.63, 3.8) is 0 Å². The van der Waals surface area contributed by atoms with Gasteiger partial charge in [-0.15, -0.1) is 0 Å². The molecule has 1 rings (SSSR count). The largest absolute Gasteiger partial charge is 0.313 e. The van der Waals surface area contributed by atoms with E-state index < -0.39 is 0 Å². The molecule has 17 heavy (non-hydrogen) atoms. The molecule has 0 spiro atoms. The van der Waals surface area contributed by atoms with Crippen LogP contribution in [-0.2, 0) is 0 Å². The maximum absolute atomic E-state index is 3.74. The molecule has 1 fully saturated rings. The van der Waals surface area contributed by atoms with Gasteiger partial charge in [-0.2, -0.15) is 0 Å². The highest BCUT2D eigenvalue weighted by atomic mass is 14.9. The fourth-order valence-electron chi connectivity index (χ4n) is 3.62. The van der Waals surface area contributed by atoms with Crippen LogP contribution in [0.3, 0.4) is 0 Å². The van der Waals surface area contributed by atoms with E-state index in [0.29, 0.717) is 11.5 Å². The molecule has 1 N–H and O–H groups in total.